The Kier molecular flexibility index (Phi) is 8.28. The number of allylic oxidation sites excluding steroid dienone is 3. The maximum atomic E-state index is 14.0. The number of rotatable bonds is 8. The predicted molar refractivity (Wildman–Crippen MR) is 132 cm³/mol. The molecular formula is C28H38F3NO3. The molecule has 0 aromatic heterocycles. The van der Waals surface area contributed by atoms with E-state index in [9.17, 15) is 28.2 Å². The zero-order valence-electron chi connectivity index (χ0n) is 21.0. The number of halogens is 3. The highest BCUT2D eigenvalue weighted by atomic mass is 19.4. The Balaban J connectivity index is 2.13. The first-order valence-electron chi connectivity index (χ1n) is 12.7. The number of hydrogen-bond acceptors (Lipinski definition) is 3. The van der Waals surface area contributed by atoms with Gasteiger partial charge in [-0.05, 0) is 69.9 Å². The highest BCUT2D eigenvalue weighted by molar-refractivity contribution is 6.00. The fourth-order valence-corrected chi connectivity index (χ4v) is 5.71. The quantitative estimate of drug-likeness (QED) is 0.260. The summed E-state index contributed by atoms with van der Waals surface area (Å²) in [5, 5.41) is 24.7. The van der Waals surface area contributed by atoms with Gasteiger partial charge in [0, 0.05) is 11.5 Å². The van der Waals surface area contributed by atoms with Gasteiger partial charge in [0.05, 0.1) is 5.56 Å². The van der Waals surface area contributed by atoms with E-state index in [0.29, 0.717) is 31.2 Å². The first-order valence-corrected chi connectivity index (χ1v) is 12.7. The summed E-state index contributed by atoms with van der Waals surface area (Å²) in [6.45, 7) is 9.95. The van der Waals surface area contributed by atoms with E-state index >= 15 is 0 Å². The van der Waals surface area contributed by atoms with Crippen molar-refractivity contribution in [3.8, 4) is 11.5 Å². The molecule has 2 unspecified atom stereocenters. The van der Waals surface area contributed by atoms with E-state index in [0.717, 1.165) is 36.8 Å². The van der Waals surface area contributed by atoms with Crippen LogP contribution in [0.2, 0.25) is 0 Å². The van der Waals surface area contributed by atoms with Gasteiger partial charge in [0.15, 0.2) is 0 Å². The van der Waals surface area contributed by atoms with E-state index < -0.39 is 29.3 Å². The number of phenolic OH excluding ortho intramolecular Hbond substituents is 2. The third kappa shape index (κ3) is 5.54. The molecule has 0 spiro atoms. The van der Waals surface area contributed by atoms with Crippen molar-refractivity contribution in [1.82, 2.24) is 5.32 Å². The van der Waals surface area contributed by atoms with Crippen molar-refractivity contribution in [1.29, 1.82) is 0 Å². The van der Waals surface area contributed by atoms with Crippen LogP contribution in [0.4, 0.5) is 13.2 Å². The Hall–Kier alpha value is -2.44. The molecule has 1 fully saturated rings. The van der Waals surface area contributed by atoms with Crippen molar-refractivity contribution in [2.45, 2.75) is 103 Å². The molecule has 3 rings (SSSR count). The van der Waals surface area contributed by atoms with Crippen molar-refractivity contribution in [3.63, 3.8) is 0 Å². The van der Waals surface area contributed by atoms with Gasteiger partial charge < -0.3 is 15.5 Å². The largest absolute Gasteiger partial charge is 0.507 e. The number of alkyl halides is 3. The topological polar surface area (TPSA) is 69.6 Å². The molecule has 0 radical (unpaired) electrons. The van der Waals surface area contributed by atoms with Crippen LogP contribution in [0.25, 0.3) is 0 Å². The molecule has 0 aliphatic heterocycles. The van der Waals surface area contributed by atoms with E-state index in [1.54, 1.807) is 0 Å². The van der Waals surface area contributed by atoms with Gasteiger partial charge in [0.2, 0.25) is 0 Å². The van der Waals surface area contributed by atoms with Gasteiger partial charge in [-0.3, -0.25) is 4.79 Å². The zero-order valence-corrected chi connectivity index (χ0v) is 21.0. The molecule has 4 nitrogen and oxygen atoms in total. The van der Waals surface area contributed by atoms with Crippen LogP contribution in [0.5, 0.6) is 11.5 Å². The maximum absolute atomic E-state index is 14.0. The standard InChI is InChI=1S/C28H38F3NO3/c1-5-6-7-10-19-16-22(33)24(21-15-18(4)11-12-20(21)17(2)3)25(34)23(19)26(35)32-27(28(29,30)31)13-8-9-14-27/h15-16,20-21,33-34H,2,5-14H2,1,3-4H3,(H,32,35). The van der Waals surface area contributed by atoms with Crippen LogP contribution in [0, 0.1) is 5.92 Å². The van der Waals surface area contributed by atoms with Crippen LogP contribution in [-0.2, 0) is 6.42 Å². The molecule has 1 amide bonds. The molecule has 1 aromatic carbocycles. The van der Waals surface area contributed by atoms with E-state index in [1.165, 1.54) is 6.07 Å². The van der Waals surface area contributed by atoms with Gasteiger partial charge >= 0.3 is 6.18 Å². The molecule has 0 saturated heterocycles. The van der Waals surface area contributed by atoms with Gasteiger partial charge in [0.25, 0.3) is 5.91 Å². The average molecular weight is 494 g/mol. The molecule has 194 valence electrons. The van der Waals surface area contributed by atoms with Crippen molar-refractivity contribution < 1.29 is 28.2 Å². The molecule has 1 saturated carbocycles. The smallest absolute Gasteiger partial charge is 0.411 e. The van der Waals surface area contributed by atoms with Crippen molar-refractivity contribution in [3.05, 3.63) is 46.6 Å². The van der Waals surface area contributed by atoms with Gasteiger partial charge in [-0.15, -0.1) is 0 Å². The number of phenols is 2. The lowest BCUT2D eigenvalue weighted by Gasteiger charge is -2.34. The third-order valence-electron chi connectivity index (χ3n) is 7.74. The maximum Gasteiger partial charge on any atom is 0.411 e. The highest BCUT2D eigenvalue weighted by Crippen LogP contribution is 2.49. The molecule has 2 aliphatic rings. The Morgan fingerprint density at radius 1 is 1.23 bits per heavy atom. The summed E-state index contributed by atoms with van der Waals surface area (Å²) < 4.78 is 42.1. The summed E-state index contributed by atoms with van der Waals surface area (Å²) in [4.78, 5) is 13.5. The summed E-state index contributed by atoms with van der Waals surface area (Å²) in [6, 6.07) is 1.46. The Labute approximate surface area is 206 Å². The first-order chi connectivity index (χ1) is 16.4. The Bertz CT molecular complexity index is 990. The van der Waals surface area contributed by atoms with E-state index in [2.05, 4.69) is 11.9 Å². The number of amides is 1. The van der Waals surface area contributed by atoms with Gasteiger partial charge in [-0.1, -0.05) is 56.4 Å². The molecule has 0 heterocycles. The number of hydrogen-bond donors (Lipinski definition) is 3. The minimum absolute atomic E-state index is 0.0614. The summed E-state index contributed by atoms with van der Waals surface area (Å²) in [6.07, 6.45) is 2.24. The number of unbranched alkanes of at least 4 members (excludes halogenated alkanes) is 2. The van der Waals surface area contributed by atoms with Crippen molar-refractivity contribution in [2.75, 3.05) is 0 Å². The van der Waals surface area contributed by atoms with E-state index in [1.807, 2.05) is 26.8 Å². The fraction of sp³-hybridized carbons (Fsp3) is 0.607. The van der Waals surface area contributed by atoms with E-state index in [-0.39, 0.29) is 35.6 Å². The second kappa shape index (κ2) is 10.7. The molecule has 1 aromatic rings. The Morgan fingerprint density at radius 3 is 2.46 bits per heavy atom. The Morgan fingerprint density at radius 2 is 1.89 bits per heavy atom. The van der Waals surface area contributed by atoms with Crippen LogP contribution in [0.3, 0.4) is 0 Å². The molecule has 0 bridgehead atoms. The number of aromatic hydroxyl groups is 2. The van der Waals surface area contributed by atoms with Crippen molar-refractivity contribution in [2.24, 2.45) is 5.92 Å². The number of carbonyl (C=O) groups is 1. The minimum atomic E-state index is -4.59. The van der Waals surface area contributed by atoms with Crippen LogP contribution in [0.15, 0.2) is 29.9 Å². The van der Waals surface area contributed by atoms with Gasteiger partial charge in [-0.25, -0.2) is 0 Å². The molecule has 35 heavy (non-hydrogen) atoms. The SMILES string of the molecule is C=C(C)C1CCC(C)=CC1c1c(O)cc(CCCCC)c(C(=O)NC2(C(F)(F)F)CCCC2)c1O. The second-order valence-corrected chi connectivity index (χ2v) is 10.4. The predicted octanol–water partition coefficient (Wildman–Crippen LogP) is 7.45. The van der Waals surface area contributed by atoms with Crippen LogP contribution in [0.1, 0.15) is 106 Å². The highest BCUT2D eigenvalue weighted by Gasteiger charge is 2.57. The number of aryl methyl sites for hydroxylation is 1. The lowest BCUT2D eigenvalue weighted by Crippen LogP contribution is -2.57. The average Bonchev–Trinajstić information content (AvgIpc) is 3.23. The summed E-state index contributed by atoms with van der Waals surface area (Å²) in [5.41, 5.74) is 0.0873. The summed E-state index contributed by atoms with van der Waals surface area (Å²) >= 11 is 0. The van der Waals surface area contributed by atoms with Crippen LogP contribution in [-0.4, -0.2) is 27.8 Å². The normalized spacial score (nSPS) is 22.1. The monoisotopic (exact) mass is 493 g/mol. The first kappa shape index (κ1) is 27.2. The lowest BCUT2D eigenvalue weighted by atomic mass is 9.73. The fourth-order valence-electron chi connectivity index (χ4n) is 5.71. The second-order valence-electron chi connectivity index (χ2n) is 10.4. The number of benzene rings is 1. The minimum Gasteiger partial charge on any atom is -0.507 e. The van der Waals surface area contributed by atoms with Crippen LogP contribution < -0.4 is 5.32 Å². The van der Waals surface area contributed by atoms with Crippen molar-refractivity contribution >= 4 is 5.91 Å². The molecule has 7 heteroatoms. The van der Waals surface area contributed by atoms with Crippen LogP contribution >= 0.6 is 0 Å². The molecule has 3 N–H and O–H groups in total. The molecular weight excluding hydrogens is 455 g/mol. The number of nitrogens with one attached hydrogen (secondary N) is 1. The molecule has 2 aliphatic carbocycles. The van der Waals surface area contributed by atoms with Gasteiger partial charge in [-0.2, -0.15) is 13.2 Å². The third-order valence-corrected chi connectivity index (χ3v) is 7.74. The lowest BCUT2D eigenvalue weighted by molar-refractivity contribution is -0.191. The summed E-state index contributed by atoms with van der Waals surface area (Å²) in [5.74, 6) is -1.97. The summed E-state index contributed by atoms with van der Waals surface area (Å²) in [7, 11) is 0. The van der Waals surface area contributed by atoms with Gasteiger partial charge in [0.1, 0.15) is 17.0 Å². The molecule has 2 atom stereocenters. The van der Waals surface area contributed by atoms with E-state index in [4.69, 9.17) is 0 Å². The zero-order chi connectivity index (χ0) is 26.0. The number of carbonyl (C=O) groups excluding carboxylic acids is 1.